The van der Waals surface area contributed by atoms with Crippen molar-refractivity contribution in [1.29, 1.82) is 0 Å². The Kier molecular flexibility index (Phi) is 6.17. The molecule has 0 radical (unpaired) electrons. The second-order valence-electron chi connectivity index (χ2n) is 7.33. The molecule has 0 unspecified atom stereocenters. The van der Waals surface area contributed by atoms with Gasteiger partial charge in [-0.15, -0.1) is 0 Å². The van der Waals surface area contributed by atoms with Crippen LogP contribution >= 0.6 is 0 Å². The second-order valence-corrected chi connectivity index (χ2v) is 7.33. The first-order valence-corrected chi connectivity index (χ1v) is 10.2. The van der Waals surface area contributed by atoms with Gasteiger partial charge in [-0.3, -0.25) is 4.79 Å². The Morgan fingerprint density at radius 3 is 2.50 bits per heavy atom. The van der Waals surface area contributed by atoms with Crippen molar-refractivity contribution in [1.82, 2.24) is 4.57 Å². The van der Waals surface area contributed by atoms with Crippen molar-refractivity contribution in [2.45, 2.75) is 6.42 Å². The summed E-state index contributed by atoms with van der Waals surface area (Å²) in [5, 5.41) is 0.828. The normalized spacial score (nSPS) is 11.1. The van der Waals surface area contributed by atoms with E-state index in [0.29, 0.717) is 5.56 Å². The molecule has 5 heteroatoms. The number of ether oxygens (including phenoxy) is 2. The number of esters is 1. The van der Waals surface area contributed by atoms with Gasteiger partial charge in [-0.25, -0.2) is 4.79 Å². The molecule has 4 aromatic rings. The van der Waals surface area contributed by atoms with E-state index in [4.69, 9.17) is 4.74 Å². The third-order valence-corrected chi connectivity index (χ3v) is 5.28. The number of carbonyl (C=O) groups is 2. The fraction of sp³-hybridized carbons (Fsp3) is 0.111. The van der Waals surface area contributed by atoms with Crippen molar-refractivity contribution in [3.63, 3.8) is 0 Å². The van der Waals surface area contributed by atoms with Crippen LogP contribution in [-0.4, -0.2) is 30.5 Å². The fourth-order valence-electron chi connectivity index (χ4n) is 3.67. The molecular weight excluding hydrogens is 402 g/mol. The minimum Gasteiger partial charge on any atom is -0.497 e. The van der Waals surface area contributed by atoms with E-state index in [1.807, 2.05) is 83.6 Å². The number of carbonyl (C=O) groups excluding carboxylic acids is 2. The van der Waals surface area contributed by atoms with Crippen LogP contribution < -0.4 is 4.74 Å². The van der Waals surface area contributed by atoms with Gasteiger partial charge in [-0.1, -0.05) is 36.4 Å². The van der Waals surface area contributed by atoms with Crippen LogP contribution in [0.5, 0.6) is 5.75 Å². The Hall–Kier alpha value is -4.12. The van der Waals surface area contributed by atoms with Gasteiger partial charge in [0.05, 0.1) is 19.7 Å². The van der Waals surface area contributed by atoms with Crippen LogP contribution in [-0.2, 0) is 16.0 Å². The number of nitrogens with zero attached hydrogens (tertiary/aromatic N) is 1. The number of fused-ring (bicyclic) bond motifs is 1. The van der Waals surface area contributed by atoms with Crippen molar-refractivity contribution in [2.75, 3.05) is 14.2 Å². The number of ketones is 1. The molecule has 4 rings (SSSR count). The molecule has 0 N–H and O–H groups in total. The van der Waals surface area contributed by atoms with E-state index in [-0.39, 0.29) is 12.2 Å². The molecule has 5 nitrogen and oxygen atoms in total. The van der Waals surface area contributed by atoms with Gasteiger partial charge in [-0.2, -0.15) is 0 Å². The van der Waals surface area contributed by atoms with Gasteiger partial charge in [0, 0.05) is 35.3 Å². The number of benzene rings is 3. The van der Waals surface area contributed by atoms with Gasteiger partial charge in [0.1, 0.15) is 5.75 Å². The zero-order valence-electron chi connectivity index (χ0n) is 17.9. The average molecular weight is 425 g/mol. The average Bonchev–Trinajstić information content (AvgIpc) is 3.22. The third kappa shape index (κ3) is 4.47. The van der Waals surface area contributed by atoms with Gasteiger partial charge in [0.2, 0.25) is 0 Å². The molecule has 1 heterocycles. The zero-order valence-corrected chi connectivity index (χ0v) is 17.9. The summed E-state index contributed by atoms with van der Waals surface area (Å²) in [7, 11) is 2.95. The molecule has 32 heavy (non-hydrogen) atoms. The summed E-state index contributed by atoms with van der Waals surface area (Å²) in [5.74, 6) is 0.297. The second kappa shape index (κ2) is 9.35. The van der Waals surface area contributed by atoms with Crippen LogP contribution in [0.2, 0.25) is 0 Å². The van der Waals surface area contributed by atoms with E-state index >= 15 is 0 Å². The van der Waals surface area contributed by atoms with Gasteiger partial charge in [0.15, 0.2) is 5.78 Å². The van der Waals surface area contributed by atoms with Gasteiger partial charge < -0.3 is 14.0 Å². The van der Waals surface area contributed by atoms with Gasteiger partial charge in [0.25, 0.3) is 0 Å². The summed E-state index contributed by atoms with van der Waals surface area (Å²) in [4.78, 5) is 24.8. The molecule has 0 aliphatic heterocycles. The van der Waals surface area contributed by atoms with Crippen LogP contribution in [0.1, 0.15) is 21.5 Å². The molecular formula is C27H23NO4. The van der Waals surface area contributed by atoms with Crippen molar-refractivity contribution in [2.24, 2.45) is 0 Å². The molecule has 1 aromatic heterocycles. The first-order chi connectivity index (χ1) is 15.6. The van der Waals surface area contributed by atoms with Gasteiger partial charge >= 0.3 is 5.97 Å². The Balaban J connectivity index is 1.79. The lowest BCUT2D eigenvalue weighted by atomic mass is 10.0. The first-order valence-electron chi connectivity index (χ1n) is 10.2. The summed E-state index contributed by atoms with van der Waals surface area (Å²) >= 11 is 0. The van der Waals surface area contributed by atoms with Crippen molar-refractivity contribution in [3.05, 3.63) is 102 Å². The molecule has 0 fully saturated rings. The van der Waals surface area contributed by atoms with Crippen LogP contribution in [0.15, 0.2) is 85.1 Å². The highest BCUT2D eigenvalue weighted by atomic mass is 16.5. The molecule has 0 amide bonds. The van der Waals surface area contributed by atoms with E-state index in [0.717, 1.165) is 33.5 Å². The van der Waals surface area contributed by atoms with Crippen LogP contribution in [0.3, 0.4) is 0 Å². The summed E-state index contributed by atoms with van der Waals surface area (Å²) in [6.07, 6.45) is 5.19. The monoisotopic (exact) mass is 425 g/mol. The third-order valence-electron chi connectivity index (χ3n) is 5.28. The molecule has 0 bridgehead atoms. The minimum atomic E-state index is -0.429. The molecule has 0 saturated carbocycles. The zero-order chi connectivity index (χ0) is 22.5. The summed E-state index contributed by atoms with van der Waals surface area (Å²) in [6.45, 7) is 0. The lowest BCUT2D eigenvalue weighted by Gasteiger charge is -2.05. The Morgan fingerprint density at radius 1 is 0.938 bits per heavy atom. The maximum Gasteiger partial charge on any atom is 0.330 e. The molecule has 160 valence electrons. The molecule has 3 aromatic carbocycles. The SMILES string of the molecule is COC(=O)C=Cc1ccc2c(c1)c(C(=O)Cc1cccc(OC)c1)cn2-c1ccccc1. The number of methoxy groups -OCH3 is 2. The lowest BCUT2D eigenvalue weighted by Crippen LogP contribution is -2.03. The largest absolute Gasteiger partial charge is 0.497 e. The quantitative estimate of drug-likeness (QED) is 0.231. The van der Waals surface area contributed by atoms with Crippen LogP contribution in [0, 0.1) is 0 Å². The van der Waals surface area contributed by atoms with Gasteiger partial charge in [-0.05, 0) is 53.6 Å². The molecule has 0 atom stereocenters. The Morgan fingerprint density at radius 2 is 1.75 bits per heavy atom. The lowest BCUT2D eigenvalue weighted by molar-refractivity contribution is -0.134. The number of hydrogen-bond donors (Lipinski definition) is 0. The van der Waals surface area contributed by atoms with Crippen LogP contribution in [0.4, 0.5) is 0 Å². The molecule has 0 spiro atoms. The highest BCUT2D eigenvalue weighted by Crippen LogP contribution is 2.28. The molecule has 0 aliphatic carbocycles. The van der Waals surface area contributed by atoms with Crippen molar-refractivity contribution >= 4 is 28.7 Å². The highest BCUT2D eigenvalue weighted by molar-refractivity contribution is 6.09. The number of rotatable bonds is 7. The summed E-state index contributed by atoms with van der Waals surface area (Å²) in [6, 6.07) is 23.2. The maximum absolute atomic E-state index is 13.3. The van der Waals surface area contributed by atoms with Crippen LogP contribution in [0.25, 0.3) is 22.7 Å². The highest BCUT2D eigenvalue weighted by Gasteiger charge is 2.17. The summed E-state index contributed by atoms with van der Waals surface area (Å²) < 4.78 is 12.0. The summed E-state index contributed by atoms with van der Waals surface area (Å²) in [5.41, 5.74) is 4.21. The van der Waals surface area contributed by atoms with E-state index in [9.17, 15) is 9.59 Å². The van der Waals surface area contributed by atoms with E-state index in [1.54, 1.807) is 13.2 Å². The Labute approximate surface area is 186 Å². The standard InChI is InChI=1S/C27H23NO4/c1-31-22-10-6-7-20(15-22)17-26(29)24-18-28(21-8-4-3-5-9-21)25-13-11-19(16-23(24)25)12-14-27(30)32-2/h3-16,18H,17H2,1-2H3. The predicted octanol–water partition coefficient (Wildman–Crippen LogP) is 5.25. The van der Waals surface area contributed by atoms with E-state index in [2.05, 4.69) is 4.74 Å². The number of Topliss-reactive ketones (excluding diaryl/α,β-unsaturated/α-hetero) is 1. The maximum atomic E-state index is 13.3. The number of para-hydroxylation sites is 1. The van der Waals surface area contributed by atoms with E-state index in [1.165, 1.54) is 13.2 Å². The number of aromatic nitrogens is 1. The van der Waals surface area contributed by atoms with E-state index < -0.39 is 5.97 Å². The number of hydrogen-bond acceptors (Lipinski definition) is 4. The predicted molar refractivity (Wildman–Crippen MR) is 125 cm³/mol. The van der Waals surface area contributed by atoms with Crippen molar-refractivity contribution in [3.8, 4) is 11.4 Å². The first kappa shape index (κ1) is 21.1. The Bertz CT molecular complexity index is 1300. The molecule has 0 aliphatic rings. The minimum absolute atomic E-state index is 0.00651. The van der Waals surface area contributed by atoms with Crippen molar-refractivity contribution < 1.29 is 19.1 Å². The fourth-order valence-corrected chi connectivity index (χ4v) is 3.67. The topological polar surface area (TPSA) is 57.5 Å². The molecule has 0 saturated heterocycles. The smallest absolute Gasteiger partial charge is 0.330 e.